The highest BCUT2D eigenvalue weighted by atomic mass is 79.9. The zero-order chi connectivity index (χ0) is 9.31. The Balaban J connectivity index is 1.88. The predicted octanol–water partition coefficient (Wildman–Crippen LogP) is 3.04. The molecule has 1 atom stereocenters. The van der Waals surface area contributed by atoms with Crippen molar-refractivity contribution in [1.82, 2.24) is 4.90 Å². The summed E-state index contributed by atoms with van der Waals surface area (Å²) in [5.41, 5.74) is 0.651. The van der Waals surface area contributed by atoms with Crippen molar-refractivity contribution in [2.45, 2.75) is 45.1 Å². The number of likely N-dealkylation sites (tertiary alicyclic amines) is 1. The monoisotopic (exact) mass is 245 g/mol. The second kappa shape index (κ2) is 3.90. The molecule has 1 aliphatic heterocycles. The van der Waals surface area contributed by atoms with E-state index in [9.17, 15) is 0 Å². The maximum absolute atomic E-state index is 3.68. The van der Waals surface area contributed by atoms with E-state index in [-0.39, 0.29) is 0 Å². The number of rotatable bonds is 3. The first kappa shape index (κ1) is 9.97. The van der Waals surface area contributed by atoms with Crippen molar-refractivity contribution in [1.29, 1.82) is 0 Å². The summed E-state index contributed by atoms with van der Waals surface area (Å²) in [7, 11) is 0. The van der Waals surface area contributed by atoms with Crippen molar-refractivity contribution in [3.05, 3.63) is 0 Å². The van der Waals surface area contributed by atoms with Gasteiger partial charge in [0.1, 0.15) is 0 Å². The van der Waals surface area contributed by atoms with E-state index in [0.717, 1.165) is 6.04 Å². The molecule has 0 spiro atoms. The highest BCUT2D eigenvalue weighted by Gasteiger charge is 2.38. The first-order chi connectivity index (χ1) is 6.26. The molecule has 1 unspecified atom stereocenters. The molecule has 0 amide bonds. The molecule has 1 nitrogen and oxygen atoms in total. The second-order valence-corrected chi connectivity index (χ2v) is 5.51. The Morgan fingerprint density at radius 2 is 2.15 bits per heavy atom. The van der Waals surface area contributed by atoms with Crippen LogP contribution in [0.15, 0.2) is 0 Å². The Hall–Kier alpha value is 0.440. The number of hydrogen-bond acceptors (Lipinski definition) is 1. The van der Waals surface area contributed by atoms with Crippen LogP contribution in [-0.4, -0.2) is 29.4 Å². The minimum Gasteiger partial charge on any atom is -0.300 e. The molecule has 0 bridgehead atoms. The molecule has 1 heterocycles. The number of nitrogens with zero attached hydrogens (tertiary/aromatic N) is 1. The second-order valence-electron chi connectivity index (χ2n) is 4.95. The molecule has 0 radical (unpaired) electrons. The molecule has 1 saturated carbocycles. The summed E-state index contributed by atoms with van der Waals surface area (Å²) in [4.78, 5) is 2.69. The van der Waals surface area contributed by atoms with E-state index in [1.807, 2.05) is 0 Å². The van der Waals surface area contributed by atoms with Crippen molar-refractivity contribution in [3.8, 4) is 0 Å². The minimum absolute atomic E-state index is 0.651. The van der Waals surface area contributed by atoms with Gasteiger partial charge in [0.25, 0.3) is 0 Å². The van der Waals surface area contributed by atoms with Gasteiger partial charge in [0.2, 0.25) is 0 Å². The molecule has 2 rings (SSSR count). The molecule has 76 valence electrons. The molecule has 1 saturated heterocycles. The SMILES string of the molecule is CC1CCCN1CC1(CBr)CCC1. The Labute approximate surface area is 90.0 Å². The summed E-state index contributed by atoms with van der Waals surface area (Å²) >= 11 is 3.68. The first-order valence-corrected chi connectivity index (χ1v) is 6.68. The first-order valence-electron chi connectivity index (χ1n) is 5.56. The predicted molar refractivity (Wildman–Crippen MR) is 60.3 cm³/mol. The van der Waals surface area contributed by atoms with E-state index in [1.54, 1.807) is 0 Å². The van der Waals surface area contributed by atoms with Crippen LogP contribution in [0.2, 0.25) is 0 Å². The van der Waals surface area contributed by atoms with Gasteiger partial charge >= 0.3 is 0 Å². The summed E-state index contributed by atoms with van der Waals surface area (Å²) in [6.07, 6.45) is 7.18. The van der Waals surface area contributed by atoms with Crippen molar-refractivity contribution in [2.75, 3.05) is 18.4 Å². The smallest absolute Gasteiger partial charge is 0.0100 e. The zero-order valence-electron chi connectivity index (χ0n) is 8.56. The third-order valence-corrected chi connectivity index (χ3v) is 5.12. The van der Waals surface area contributed by atoms with Gasteiger partial charge in [-0.3, -0.25) is 0 Å². The van der Waals surface area contributed by atoms with E-state index < -0.39 is 0 Å². The molecule has 2 aliphatic rings. The van der Waals surface area contributed by atoms with E-state index in [0.29, 0.717) is 5.41 Å². The number of hydrogen-bond donors (Lipinski definition) is 0. The maximum Gasteiger partial charge on any atom is 0.0100 e. The normalized spacial score (nSPS) is 33.2. The van der Waals surface area contributed by atoms with Crippen LogP contribution in [0.3, 0.4) is 0 Å². The average molecular weight is 246 g/mol. The van der Waals surface area contributed by atoms with Gasteiger partial charge in [0.15, 0.2) is 0 Å². The molecule has 2 fully saturated rings. The molecular formula is C11H20BrN. The molecule has 0 aromatic heterocycles. The molecule has 0 aromatic carbocycles. The molecule has 1 aliphatic carbocycles. The lowest BCUT2D eigenvalue weighted by atomic mass is 9.70. The van der Waals surface area contributed by atoms with Crippen LogP contribution in [-0.2, 0) is 0 Å². The molecule has 0 aromatic rings. The Morgan fingerprint density at radius 1 is 1.38 bits per heavy atom. The lowest BCUT2D eigenvalue weighted by Crippen LogP contribution is -2.44. The van der Waals surface area contributed by atoms with E-state index in [1.165, 1.54) is 50.5 Å². The number of alkyl halides is 1. The van der Waals surface area contributed by atoms with E-state index in [4.69, 9.17) is 0 Å². The van der Waals surface area contributed by atoms with Crippen LogP contribution >= 0.6 is 15.9 Å². The van der Waals surface area contributed by atoms with Gasteiger partial charge in [-0.15, -0.1) is 0 Å². The Morgan fingerprint density at radius 3 is 2.54 bits per heavy atom. The quantitative estimate of drug-likeness (QED) is 0.692. The van der Waals surface area contributed by atoms with Crippen LogP contribution in [0.25, 0.3) is 0 Å². The molecular weight excluding hydrogens is 226 g/mol. The van der Waals surface area contributed by atoms with Gasteiger partial charge in [0, 0.05) is 17.9 Å². The van der Waals surface area contributed by atoms with Crippen molar-refractivity contribution in [2.24, 2.45) is 5.41 Å². The third-order valence-electron chi connectivity index (χ3n) is 3.93. The third kappa shape index (κ3) is 1.94. The highest BCUT2D eigenvalue weighted by molar-refractivity contribution is 9.09. The van der Waals surface area contributed by atoms with Gasteiger partial charge in [-0.1, -0.05) is 22.4 Å². The maximum atomic E-state index is 3.68. The summed E-state index contributed by atoms with van der Waals surface area (Å²) in [6.45, 7) is 5.07. The van der Waals surface area contributed by atoms with Gasteiger partial charge in [-0.2, -0.15) is 0 Å². The van der Waals surface area contributed by atoms with Crippen LogP contribution < -0.4 is 0 Å². The summed E-state index contributed by atoms with van der Waals surface area (Å²) < 4.78 is 0. The van der Waals surface area contributed by atoms with Crippen LogP contribution in [0.5, 0.6) is 0 Å². The molecule has 0 N–H and O–H groups in total. The average Bonchev–Trinajstić information content (AvgIpc) is 2.44. The van der Waals surface area contributed by atoms with Crippen molar-refractivity contribution in [3.63, 3.8) is 0 Å². The molecule has 2 heteroatoms. The van der Waals surface area contributed by atoms with Gasteiger partial charge < -0.3 is 4.90 Å². The van der Waals surface area contributed by atoms with Gasteiger partial charge in [-0.05, 0) is 44.6 Å². The molecule has 13 heavy (non-hydrogen) atoms. The summed E-state index contributed by atoms with van der Waals surface area (Å²) in [6, 6.07) is 0.844. The lowest BCUT2D eigenvalue weighted by Gasteiger charge is -2.44. The van der Waals surface area contributed by atoms with Gasteiger partial charge in [0.05, 0.1) is 0 Å². The topological polar surface area (TPSA) is 3.24 Å². The van der Waals surface area contributed by atoms with Crippen LogP contribution in [0, 0.1) is 5.41 Å². The Bertz CT molecular complexity index is 171. The van der Waals surface area contributed by atoms with Crippen LogP contribution in [0.1, 0.15) is 39.0 Å². The van der Waals surface area contributed by atoms with Crippen LogP contribution in [0.4, 0.5) is 0 Å². The van der Waals surface area contributed by atoms with Crippen molar-refractivity contribution < 1.29 is 0 Å². The summed E-state index contributed by atoms with van der Waals surface area (Å²) in [5.74, 6) is 0. The zero-order valence-corrected chi connectivity index (χ0v) is 10.1. The standard InChI is InChI=1S/C11H20BrN/c1-10-4-2-7-13(10)9-11(8-12)5-3-6-11/h10H,2-9H2,1H3. The Kier molecular flexibility index (Phi) is 2.99. The lowest BCUT2D eigenvalue weighted by molar-refractivity contribution is 0.0878. The highest BCUT2D eigenvalue weighted by Crippen LogP contribution is 2.43. The fraction of sp³-hybridized carbons (Fsp3) is 1.00. The van der Waals surface area contributed by atoms with E-state index in [2.05, 4.69) is 27.8 Å². The van der Waals surface area contributed by atoms with Gasteiger partial charge in [-0.25, -0.2) is 0 Å². The fourth-order valence-electron chi connectivity index (χ4n) is 2.67. The minimum atomic E-state index is 0.651. The fourth-order valence-corrected chi connectivity index (χ4v) is 3.41. The van der Waals surface area contributed by atoms with Crippen molar-refractivity contribution >= 4 is 15.9 Å². The van der Waals surface area contributed by atoms with E-state index >= 15 is 0 Å². The number of halogens is 1. The summed E-state index contributed by atoms with van der Waals surface area (Å²) in [5, 5.41) is 1.21. The largest absolute Gasteiger partial charge is 0.300 e.